The molecule has 2 heterocycles. The molecular formula is C15H9BrN4O. The molecule has 0 saturated heterocycles. The number of hydrogen-bond acceptors (Lipinski definition) is 3. The molecule has 0 aliphatic rings. The molecule has 6 heteroatoms. The van der Waals surface area contributed by atoms with Gasteiger partial charge < -0.3 is 0 Å². The SMILES string of the molecule is O=c1nc2c(-c3cccc(Br)c3)n[nH]n2c2ccccc12. The van der Waals surface area contributed by atoms with Crippen LogP contribution in [0.1, 0.15) is 0 Å². The van der Waals surface area contributed by atoms with Crippen molar-refractivity contribution in [1.82, 2.24) is 19.8 Å². The zero-order valence-corrected chi connectivity index (χ0v) is 12.3. The van der Waals surface area contributed by atoms with Crippen LogP contribution in [0, 0.1) is 0 Å². The number of para-hydroxylation sites is 1. The van der Waals surface area contributed by atoms with Gasteiger partial charge in [-0.2, -0.15) is 10.1 Å². The van der Waals surface area contributed by atoms with Crippen LogP contribution in [-0.4, -0.2) is 19.8 Å². The van der Waals surface area contributed by atoms with Crippen molar-refractivity contribution in [2.75, 3.05) is 0 Å². The fourth-order valence-corrected chi connectivity index (χ4v) is 2.81. The molecule has 21 heavy (non-hydrogen) atoms. The second kappa shape index (κ2) is 4.53. The summed E-state index contributed by atoms with van der Waals surface area (Å²) in [6.45, 7) is 0. The summed E-state index contributed by atoms with van der Waals surface area (Å²) < 4.78 is 2.68. The van der Waals surface area contributed by atoms with E-state index in [9.17, 15) is 4.79 Å². The van der Waals surface area contributed by atoms with Crippen LogP contribution >= 0.6 is 15.9 Å². The lowest BCUT2D eigenvalue weighted by atomic mass is 10.1. The highest BCUT2D eigenvalue weighted by Crippen LogP contribution is 2.24. The van der Waals surface area contributed by atoms with Gasteiger partial charge in [-0.3, -0.25) is 4.79 Å². The average Bonchev–Trinajstić information content (AvgIpc) is 2.91. The molecule has 0 aliphatic carbocycles. The van der Waals surface area contributed by atoms with Crippen LogP contribution in [0.4, 0.5) is 0 Å². The smallest absolute Gasteiger partial charge is 0.267 e. The largest absolute Gasteiger partial charge is 0.281 e. The Bertz CT molecular complexity index is 1030. The summed E-state index contributed by atoms with van der Waals surface area (Å²) in [6, 6.07) is 15.1. The number of fused-ring (bicyclic) bond motifs is 3. The topological polar surface area (TPSA) is 63.0 Å². The van der Waals surface area contributed by atoms with Gasteiger partial charge in [-0.05, 0) is 24.3 Å². The molecule has 5 nitrogen and oxygen atoms in total. The average molecular weight is 341 g/mol. The second-order valence-electron chi connectivity index (χ2n) is 4.66. The van der Waals surface area contributed by atoms with Crippen molar-refractivity contribution in [3.8, 4) is 11.3 Å². The summed E-state index contributed by atoms with van der Waals surface area (Å²) in [5.41, 5.74) is 2.59. The second-order valence-corrected chi connectivity index (χ2v) is 5.58. The maximum absolute atomic E-state index is 12.2. The zero-order chi connectivity index (χ0) is 14.4. The van der Waals surface area contributed by atoms with Crippen LogP contribution in [0.3, 0.4) is 0 Å². The fourth-order valence-electron chi connectivity index (χ4n) is 2.41. The van der Waals surface area contributed by atoms with Crippen molar-refractivity contribution in [2.45, 2.75) is 0 Å². The molecule has 0 aliphatic heterocycles. The van der Waals surface area contributed by atoms with Gasteiger partial charge in [-0.15, -0.1) is 0 Å². The van der Waals surface area contributed by atoms with E-state index in [4.69, 9.17) is 0 Å². The fraction of sp³-hybridized carbons (Fsp3) is 0. The van der Waals surface area contributed by atoms with Gasteiger partial charge in [0.05, 0.1) is 10.9 Å². The zero-order valence-electron chi connectivity index (χ0n) is 10.7. The van der Waals surface area contributed by atoms with Gasteiger partial charge in [0, 0.05) is 10.0 Å². The summed E-state index contributed by atoms with van der Waals surface area (Å²) in [5, 5.41) is 7.81. The number of aromatic amines is 1. The standard InChI is InChI=1S/C15H9BrN4O/c16-10-5-3-4-9(8-10)13-14-17-15(21)11-6-1-2-7-12(11)20(14)19-18-13/h1-8,19H. The third kappa shape index (κ3) is 1.87. The molecule has 4 aromatic rings. The van der Waals surface area contributed by atoms with Crippen molar-refractivity contribution in [1.29, 1.82) is 0 Å². The van der Waals surface area contributed by atoms with Crippen LogP contribution in [0.25, 0.3) is 27.8 Å². The summed E-state index contributed by atoms with van der Waals surface area (Å²) in [6.07, 6.45) is 0. The summed E-state index contributed by atoms with van der Waals surface area (Å²) in [5.74, 6) is 0. The number of nitrogens with zero attached hydrogens (tertiary/aromatic N) is 3. The number of rotatable bonds is 1. The lowest BCUT2D eigenvalue weighted by Crippen LogP contribution is -2.10. The van der Waals surface area contributed by atoms with Crippen LogP contribution in [-0.2, 0) is 0 Å². The number of nitrogens with one attached hydrogen (secondary N) is 1. The van der Waals surface area contributed by atoms with Crippen molar-refractivity contribution in [3.63, 3.8) is 0 Å². The van der Waals surface area contributed by atoms with Gasteiger partial charge in [-0.1, -0.05) is 40.2 Å². The Morgan fingerprint density at radius 1 is 1.10 bits per heavy atom. The van der Waals surface area contributed by atoms with Crippen LogP contribution in [0.5, 0.6) is 0 Å². The molecule has 0 unspecified atom stereocenters. The maximum atomic E-state index is 12.2. The van der Waals surface area contributed by atoms with E-state index in [1.165, 1.54) is 0 Å². The highest BCUT2D eigenvalue weighted by Gasteiger charge is 2.13. The molecule has 0 fully saturated rings. The molecule has 2 aromatic carbocycles. The Kier molecular flexibility index (Phi) is 2.65. The molecule has 1 N–H and O–H groups in total. The molecule has 2 aromatic heterocycles. The molecular weight excluding hydrogens is 332 g/mol. The summed E-state index contributed by atoms with van der Waals surface area (Å²) in [7, 11) is 0. The summed E-state index contributed by atoms with van der Waals surface area (Å²) in [4.78, 5) is 16.3. The van der Waals surface area contributed by atoms with Gasteiger partial charge >= 0.3 is 0 Å². The predicted molar refractivity (Wildman–Crippen MR) is 84.2 cm³/mol. The highest BCUT2D eigenvalue weighted by atomic mass is 79.9. The van der Waals surface area contributed by atoms with Gasteiger partial charge in [0.25, 0.3) is 5.56 Å². The Morgan fingerprint density at radius 3 is 2.81 bits per heavy atom. The minimum absolute atomic E-state index is 0.247. The molecule has 0 radical (unpaired) electrons. The van der Waals surface area contributed by atoms with Crippen molar-refractivity contribution in [3.05, 3.63) is 63.4 Å². The first-order valence-corrected chi connectivity index (χ1v) is 7.15. The highest BCUT2D eigenvalue weighted by molar-refractivity contribution is 9.10. The first-order valence-electron chi connectivity index (χ1n) is 6.36. The van der Waals surface area contributed by atoms with Gasteiger partial charge in [0.1, 0.15) is 5.69 Å². The van der Waals surface area contributed by atoms with Crippen molar-refractivity contribution < 1.29 is 0 Å². The number of benzene rings is 2. The molecule has 0 saturated carbocycles. The third-order valence-corrected chi connectivity index (χ3v) is 3.86. The van der Waals surface area contributed by atoms with Crippen LogP contribution < -0.4 is 5.56 Å². The Balaban J connectivity index is 2.12. The minimum Gasteiger partial charge on any atom is -0.267 e. The van der Waals surface area contributed by atoms with E-state index in [2.05, 4.69) is 31.2 Å². The molecule has 0 bridgehead atoms. The molecule has 4 rings (SSSR count). The van der Waals surface area contributed by atoms with Crippen LogP contribution in [0.15, 0.2) is 57.8 Å². The molecule has 0 atom stereocenters. The van der Waals surface area contributed by atoms with E-state index in [0.29, 0.717) is 16.7 Å². The maximum Gasteiger partial charge on any atom is 0.281 e. The number of halogens is 1. The number of H-pyrrole nitrogens is 1. The molecule has 0 amide bonds. The van der Waals surface area contributed by atoms with E-state index in [0.717, 1.165) is 15.6 Å². The monoisotopic (exact) mass is 340 g/mol. The van der Waals surface area contributed by atoms with E-state index in [-0.39, 0.29) is 5.56 Å². The van der Waals surface area contributed by atoms with E-state index in [1.807, 2.05) is 42.5 Å². The Morgan fingerprint density at radius 2 is 1.95 bits per heavy atom. The normalized spacial score (nSPS) is 11.3. The Hall–Kier alpha value is -2.47. The van der Waals surface area contributed by atoms with Crippen molar-refractivity contribution in [2.24, 2.45) is 0 Å². The van der Waals surface area contributed by atoms with Gasteiger partial charge in [0.15, 0.2) is 5.65 Å². The lowest BCUT2D eigenvalue weighted by Gasteiger charge is -2.01. The van der Waals surface area contributed by atoms with Gasteiger partial charge in [0.2, 0.25) is 0 Å². The first-order chi connectivity index (χ1) is 10.2. The quantitative estimate of drug-likeness (QED) is 0.579. The Labute approximate surface area is 127 Å². The molecule has 102 valence electrons. The lowest BCUT2D eigenvalue weighted by molar-refractivity contribution is 0.874. The third-order valence-electron chi connectivity index (χ3n) is 3.37. The van der Waals surface area contributed by atoms with E-state index in [1.54, 1.807) is 10.6 Å². The number of hydrogen-bond donors (Lipinski definition) is 1. The van der Waals surface area contributed by atoms with E-state index < -0.39 is 0 Å². The van der Waals surface area contributed by atoms with Crippen LogP contribution in [0.2, 0.25) is 0 Å². The predicted octanol–water partition coefficient (Wildman–Crippen LogP) is 3.00. The van der Waals surface area contributed by atoms with E-state index >= 15 is 0 Å². The van der Waals surface area contributed by atoms with Gasteiger partial charge in [-0.25, -0.2) is 9.73 Å². The summed E-state index contributed by atoms with van der Waals surface area (Å²) >= 11 is 3.44. The minimum atomic E-state index is -0.247. The number of aromatic nitrogens is 4. The first kappa shape index (κ1) is 12.3. The van der Waals surface area contributed by atoms with Crippen molar-refractivity contribution >= 4 is 32.5 Å². The molecule has 0 spiro atoms.